The third kappa shape index (κ3) is 2.12. The highest BCUT2D eigenvalue weighted by Gasteiger charge is 2.20. The highest BCUT2D eigenvalue weighted by Crippen LogP contribution is 2.34. The second-order valence-corrected chi connectivity index (χ2v) is 4.93. The van der Waals surface area contributed by atoms with Gasteiger partial charge in [-0.1, -0.05) is 60.7 Å². The van der Waals surface area contributed by atoms with Crippen LogP contribution in [0.5, 0.6) is 0 Å². The Hall–Kier alpha value is -3.59. The molecule has 0 bridgehead atoms. The van der Waals surface area contributed by atoms with E-state index >= 15 is 0 Å². The van der Waals surface area contributed by atoms with Crippen molar-refractivity contribution >= 4 is 5.65 Å². The lowest BCUT2D eigenvalue weighted by Crippen LogP contribution is -2.03. The predicted octanol–water partition coefficient (Wildman–Crippen LogP) is 2.72. The summed E-state index contributed by atoms with van der Waals surface area (Å²) in [5.41, 5.74) is 3.98. The number of hydrogen-bond donors (Lipinski definition) is 0. The van der Waals surface area contributed by atoms with Crippen molar-refractivity contribution in [2.45, 2.75) is 0 Å². The quantitative estimate of drug-likeness (QED) is 0.568. The van der Waals surface area contributed by atoms with E-state index in [1.165, 1.54) is 4.63 Å². The minimum atomic E-state index is 0.353. The number of tetrazole rings is 1. The minimum absolute atomic E-state index is 0.353. The van der Waals surface area contributed by atoms with Gasteiger partial charge in [-0.25, -0.2) is 0 Å². The first-order valence-electron chi connectivity index (χ1n) is 7.02. The second kappa shape index (κ2) is 5.31. The number of hydrogen-bond acceptors (Lipinski definition) is 5. The van der Waals surface area contributed by atoms with Gasteiger partial charge in [0, 0.05) is 11.1 Å². The lowest BCUT2D eigenvalue weighted by Gasteiger charge is -2.11. The molecule has 0 saturated carbocycles. The molecule has 0 aliphatic carbocycles. The first-order chi connectivity index (χ1) is 11.4. The van der Waals surface area contributed by atoms with Crippen molar-refractivity contribution in [1.29, 1.82) is 5.26 Å². The summed E-state index contributed by atoms with van der Waals surface area (Å²) in [4.78, 5) is 0. The molecule has 4 aromatic rings. The monoisotopic (exact) mass is 298 g/mol. The largest absolute Gasteiger partial charge is 0.218 e. The third-order valence-corrected chi connectivity index (χ3v) is 3.58. The van der Waals surface area contributed by atoms with Gasteiger partial charge in [0.1, 0.15) is 17.3 Å². The Balaban J connectivity index is 2.15. The van der Waals surface area contributed by atoms with Crippen molar-refractivity contribution in [3.05, 3.63) is 66.2 Å². The van der Waals surface area contributed by atoms with Crippen LogP contribution in [0.1, 0.15) is 5.56 Å². The molecule has 0 fully saturated rings. The summed E-state index contributed by atoms with van der Waals surface area (Å²) in [6, 6.07) is 21.6. The van der Waals surface area contributed by atoms with Crippen LogP contribution in [-0.2, 0) is 0 Å². The van der Waals surface area contributed by atoms with Crippen LogP contribution >= 0.6 is 0 Å². The van der Waals surface area contributed by atoms with Crippen LogP contribution in [0.15, 0.2) is 60.7 Å². The maximum Gasteiger partial charge on any atom is 0.218 e. The lowest BCUT2D eigenvalue weighted by atomic mass is 9.96. The maximum absolute atomic E-state index is 9.68. The van der Waals surface area contributed by atoms with Crippen LogP contribution in [0.2, 0.25) is 0 Å². The average Bonchev–Trinajstić information content (AvgIpc) is 3.10. The van der Waals surface area contributed by atoms with E-state index in [1.807, 2.05) is 60.7 Å². The van der Waals surface area contributed by atoms with E-state index in [9.17, 15) is 5.26 Å². The van der Waals surface area contributed by atoms with E-state index in [0.717, 1.165) is 16.7 Å². The molecule has 23 heavy (non-hydrogen) atoms. The molecule has 0 aliphatic heterocycles. The molecule has 0 aliphatic rings. The molecule has 108 valence electrons. The van der Waals surface area contributed by atoms with Crippen LogP contribution in [0, 0.1) is 11.3 Å². The molecule has 2 aromatic carbocycles. The van der Waals surface area contributed by atoms with Gasteiger partial charge in [-0.2, -0.15) is 5.26 Å². The number of nitriles is 1. The highest BCUT2D eigenvalue weighted by molar-refractivity contribution is 5.88. The fourth-order valence-corrected chi connectivity index (χ4v) is 2.56. The molecule has 0 spiro atoms. The normalized spacial score (nSPS) is 10.6. The fraction of sp³-hybridized carbons (Fsp3) is 0. The summed E-state index contributed by atoms with van der Waals surface area (Å²) in [6.07, 6.45) is 0. The van der Waals surface area contributed by atoms with Gasteiger partial charge in [0.2, 0.25) is 5.65 Å². The van der Waals surface area contributed by atoms with Crippen molar-refractivity contribution in [3.63, 3.8) is 0 Å². The predicted molar refractivity (Wildman–Crippen MR) is 84.2 cm³/mol. The number of benzene rings is 2. The molecular formula is C17H10N6. The average molecular weight is 298 g/mol. The van der Waals surface area contributed by atoms with Gasteiger partial charge in [-0.3, -0.25) is 0 Å². The minimum Gasteiger partial charge on any atom is -0.192 e. The first kappa shape index (κ1) is 13.1. The van der Waals surface area contributed by atoms with Gasteiger partial charge in [0.15, 0.2) is 0 Å². The van der Waals surface area contributed by atoms with Crippen LogP contribution < -0.4 is 0 Å². The second-order valence-electron chi connectivity index (χ2n) is 4.93. The molecule has 6 nitrogen and oxygen atoms in total. The van der Waals surface area contributed by atoms with Crippen LogP contribution in [0.4, 0.5) is 0 Å². The molecule has 0 radical (unpaired) electrons. The highest BCUT2D eigenvalue weighted by atomic mass is 15.6. The molecule has 0 saturated heterocycles. The van der Waals surface area contributed by atoms with Gasteiger partial charge in [-0.15, -0.1) is 14.8 Å². The Morgan fingerprint density at radius 2 is 1.52 bits per heavy atom. The Bertz CT molecular complexity index is 1020. The van der Waals surface area contributed by atoms with Gasteiger partial charge in [0.05, 0.1) is 0 Å². The van der Waals surface area contributed by atoms with Gasteiger partial charge < -0.3 is 0 Å². The number of aromatic nitrogens is 5. The molecule has 0 unspecified atom stereocenters. The van der Waals surface area contributed by atoms with Crippen molar-refractivity contribution in [1.82, 2.24) is 25.3 Å². The zero-order valence-corrected chi connectivity index (χ0v) is 12.0. The Morgan fingerprint density at radius 1 is 0.870 bits per heavy atom. The van der Waals surface area contributed by atoms with Crippen LogP contribution in [-0.4, -0.2) is 25.3 Å². The number of rotatable bonds is 2. The summed E-state index contributed by atoms with van der Waals surface area (Å²) in [5, 5.41) is 25.6. The zero-order valence-electron chi connectivity index (χ0n) is 12.0. The van der Waals surface area contributed by atoms with Crippen molar-refractivity contribution in [2.75, 3.05) is 0 Å². The molecular weight excluding hydrogens is 288 g/mol. The first-order valence-corrected chi connectivity index (χ1v) is 7.02. The summed E-state index contributed by atoms with van der Waals surface area (Å²) < 4.78 is 1.30. The van der Waals surface area contributed by atoms with E-state index in [2.05, 4.69) is 26.7 Å². The standard InChI is InChI=1S/C17H10N6/c18-11-14-15(12-7-3-1-4-8-12)16(13-9-5-2-6-10-13)20-23-17(14)19-21-22-23/h1-10H. The molecule has 6 heteroatoms. The van der Waals surface area contributed by atoms with Gasteiger partial charge >= 0.3 is 0 Å². The Labute approximate surface area is 131 Å². The van der Waals surface area contributed by atoms with E-state index < -0.39 is 0 Å². The third-order valence-electron chi connectivity index (χ3n) is 3.58. The topological polar surface area (TPSA) is 79.8 Å². The number of nitrogens with zero attached hydrogens (tertiary/aromatic N) is 6. The van der Waals surface area contributed by atoms with Crippen molar-refractivity contribution in [2.24, 2.45) is 0 Å². The molecule has 0 N–H and O–H groups in total. The Morgan fingerprint density at radius 3 is 2.17 bits per heavy atom. The van der Waals surface area contributed by atoms with Crippen molar-refractivity contribution < 1.29 is 0 Å². The molecule has 0 amide bonds. The molecule has 2 aromatic heterocycles. The van der Waals surface area contributed by atoms with Gasteiger partial charge in [0.25, 0.3) is 0 Å². The number of fused-ring (bicyclic) bond motifs is 1. The van der Waals surface area contributed by atoms with E-state index in [4.69, 9.17) is 0 Å². The molecule has 2 heterocycles. The van der Waals surface area contributed by atoms with Gasteiger partial charge in [-0.05, 0) is 16.0 Å². The molecule has 0 atom stereocenters. The SMILES string of the molecule is N#Cc1c(-c2ccccc2)c(-c2ccccc2)nn2nnnc12. The summed E-state index contributed by atoms with van der Waals surface area (Å²) in [5.74, 6) is 0. The van der Waals surface area contributed by atoms with Crippen LogP contribution in [0.25, 0.3) is 28.0 Å². The van der Waals surface area contributed by atoms with E-state index in [-0.39, 0.29) is 0 Å². The summed E-state index contributed by atoms with van der Waals surface area (Å²) in [6.45, 7) is 0. The van der Waals surface area contributed by atoms with Crippen molar-refractivity contribution in [3.8, 4) is 28.5 Å². The summed E-state index contributed by atoms with van der Waals surface area (Å²) in [7, 11) is 0. The smallest absolute Gasteiger partial charge is 0.192 e. The zero-order chi connectivity index (χ0) is 15.6. The van der Waals surface area contributed by atoms with E-state index in [1.54, 1.807) is 0 Å². The Kier molecular flexibility index (Phi) is 3.03. The maximum atomic E-state index is 9.68. The molecule has 4 rings (SSSR count). The summed E-state index contributed by atoms with van der Waals surface area (Å²) >= 11 is 0. The lowest BCUT2D eigenvalue weighted by molar-refractivity contribution is 0.736. The van der Waals surface area contributed by atoms with E-state index in [0.29, 0.717) is 16.9 Å². The van der Waals surface area contributed by atoms with Crippen LogP contribution in [0.3, 0.4) is 0 Å². The fourth-order valence-electron chi connectivity index (χ4n) is 2.56.